The molecule has 0 bridgehead atoms. The maximum absolute atomic E-state index is 14.0. The van der Waals surface area contributed by atoms with Crippen LogP contribution in [0.3, 0.4) is 0 Å². The largest absolute Gasteiger partial charge is 0.369 e. The van der Waals surface area contributed by atoms with Gasteiger partial charge < -0.3 is 4.90 Å². The van der Waals surface area contributed by atoms with Crippen molar-refractivity contribution in [3.05, 3.63) is 64.8 Å². The molecule has 3 aromatic rings. The van der Waals surface area contributed by atoms with Crippen LogP contribution in [0.25, 0.3) is 10.1 Å². The first-order valence-electron chi connectivity index (χ1n) is 10.3. The molecule has 0 saturated carbocycles. The van der Waals surface area contributed by atoms with Crippen LogP contribution in [-0.4, -0.2) is 49.4 Å². The summed E-state index contributed by atoms with van der Waals surface area (Å²) in [5, 5.41) is 0.457. The van der Waals surface area contributed by atoms with Gasteiger partial charge in [-0.1, -0.05) is 24.3 Å². The minimum absolute atomic E-state index is 0.246. The highest BCUT2D eigenvalue weighted by Crippen LogP contribution is 2.32. The molecule has 8 heteroatoms. The Kier molecular flexibility index (Phi) is 6.48. The number of benzene rings is 2. The van der Waals surface area contributed by atoms with Gasteiger partial charge in [0.1, 0.15) is 5.82 Å². The van der Waals surface area contributed by atoms with E-state index in [0.29, 0.717) is 33.5 Å². The molecule has 1 aliphatic heterocycles. The van der Waals surface area contributed by atoms with Crippen LogP contribution in [-0.2, 0) is 4.79 Å². The predicted octanol–water partition coefficient (Wildman–Crippen LogP) is 3.32. The zero-order valence-electron chi connectivity index (χ0n) is 17.4. The second kappa shape index (κ2) is 9.45. The predicted molar refractivity (Wildman–Crippen MR) is 122 cm³/mol. The molecule has 1 aliphatic rings. The summed E-state index contributed by atoms with van der Waals surface area (Å²) in [6.45, 7) is 5.97. The van der Waals surface area contributed by atoms with Crippen LogP contribution in [0.4, 0.5) is 10.1 Å². The van der Waals surface area contributed by atoms with Gasteiger partial charge >= 0.3 is 0 Å². The number of carbonyl (C=O) groups is 2. The standard InChI is InChI=1S/C23H25FN4O2S/c1-16-21-18(24)8-5-9-19(21)31-22(16)23(30)26-25-20(29)10-11-27-12-14-28(15-13-27)17-6-3-2-4-7-17/h2-9H,10-15H2,1H3,(H,25,29)(H,26,30). The minimum Gasteiger partial charge on any atom is -0.369 e. The van der Waals surface area contributed by atoms with Crippen molar-refractivity contribution in [1.29, 1.82) is 0 Å². The Balaban J connectivity index is 1.23. The summed E-state index contributed by atoms with van der Waals surface area (Å²) in [6, 6.07) is 15.1. The number of rotatable bonds is 5. The van der Waals surface area contributed by atoms with Gasteiger partial charge in [-0.25, -0.2) is 4.39 Å². The molecule has 0 spiro atoms. The third-order valence-electron chi connectivity index (χ3n) is 5.57. The summed E-state index contributed by atoms with van der Waals surface area (Å²) in [5.41, 5.74) is 6.74. The zero-order valence-corrected chi connectivity index (χ0v) is 18.2. The molecule has 162 valence electrons. The lowest BCUT2D eigenvalue weighted by Crippen LogP contribution is -2.48. The van der Waals surface area contributed by atoms with Crippen molar-refractivity contribution >= 4 is 38.9 Å². The number of nitrogens with one attached hydrogen (secondary N) is 2. The molecule has 2 amide bonds. The van der Waals surface area contributed by atoms with E-state index in [-0.39, 0.29) is 11.7 Å². The number of halogens is 1. The number of hydrogen-bond donors (Lipinski definition) is 2. The summed E-state index contributed by atoms with van der Waals surface area (Å²) in [5.74, 6) is -1.02. The lowest BCUT2D eigenvalue weighted by molar-refractivity contribution is -0.122. The number of para-hydroxylation sites is 1. The molecule has 1 aromatic heterocycles. The van der Waals surface area contributed by atoms with Crippen LogP contribution in [0.1, 0.15) is 21.7 Å². The van der Waals surface area contributed by atoms with Gasteiger partial charge in [-0.3, -0.25) is 25.3 Å². The Hall–Kier alpha value is -2.97. The van der Waals surface area contributed by atoms with Crippen LogP contribution in [0.15, 0.2) is 48.5 Å². The van der Waals surface area contributed by atoms with Crippen molar-refractivity contribution in [2.45, 2.75) is 13.3 Å². The summed E-state index contributed by atoms with van der Waals surface area (Å²) in [7, 11) is 0. The maximum atomic E-state index is 14.0. The first-order chi connectivity index (χ1) is 15.0. The smallest absolute Gasteiger partial charge is 0.280 e. The van der Waals surface area contributed by atoms with Crippen LogP contribution in [0.5, 0.6) is 0 Å². The third kappa shape index (κ3) is 4.86. The fourth-order valence-corrected chi connectivity index (χ4v) is 4.96. The normalized spacial score (nSPS) is 14.6. The number of nitrogens with zero attached hydrogens (tertiary/aromatic N) is 2. The first kappa shape index (κ1) is 21.3. The van der Waals surface area contributed by atoms with Crippen molar-refractivity contribution in [2.24, 2.45) is 0 Å². The van der Waals surface area contributed by atoms with Gasteiger partial charge in [-0.15, -0.1) is 11.3 Å². The van der Waals surface area contributed by atoms with Crippen LogP contribution < -0.4 is 15.8 Å². The van der Waals surface area contributed by atoms with E-state index in [1.165, 1.54) is 23.1 Å². The first-order valence-corrected chi connectivity index (χ1v) is 11.1. The highest BCUT2D eigenvalue weighted by atomic mass is 32.1. The number of amides is 2. The third-order valence-corrected chi connectivity index (χ3v) is 6.83. The molecule has 31 heavy (non-hydrogen) atoms. The number of hydrazine groups is 1. The molecule has 4 rings (SSSR count). The van der Waals surface area contributed by atoms with Gasteiger partial charge in [0.05, 0.1) is 4.88 Å². The van der Waals surface area contributed by atoms with Crippen molar-refractivity contribution in [1.82, 2.24) is 15.8 Å². The van der Waals surface area contributed by atoms with Crippen LogP contribution in [0, 0.1) is 12.7 Å². The summed E-state index contributed by atoms with van der Waals surface area (Å²) >= 11 is 1.22. The number of thiophene rings is 1. The summed E-state index contributed by atoms with van der Waals surface area (Å²) < 4.78 is 14.7. The van der Waals surface area contributed by atoms with E-state index >= 15 is 0 Å². The Bertz CT molecular complexity index is 1080. The fourth-order valence-electron chi connectivity index (χ4n) is 3.84. The Morgan fingerprint density at radius 1 is 1.00 bits per heavy atom. The molecule has 1 fully saturated rings. The molecule has 2 N–H and O–H groups in total. The molecule has 0 atom stereocenters. The average molecular weight is 441 g/mol. The van der Waals surface area contributed by atoms with E-state index in [9.17, 15) is 14.0 Å². The van der Waals surface area contributed by atoms with E-state index in [1.807, 2.05) is 18.2 Å². The van der Waals surface area contributed by atoms with Gasteiger partial charge in [0.25, 0.3) is 5.91 Å². The van der Waals surface area contributed by atoms with Gasteiger partial charge in [-0.2, -0.15) is 0 Å². The van der Waals surface area contributed by atoms with Crippen molar-refractivity contribution < 1.29 is 14.0 Å². The molecule has 1 saturated heterocycles. The Labute approximate surface area is 184 Å². The van der Waals surface area contributed by atoms with E-state index < -0.39 is 5.91 Å². The Morgan fingerprint density at radius 2 is 1.74 bits per heavy atom. The topological polar surface area (TPSA) is 64.7 Å². The molecule has 6 nitrogen and oxygen atoms in total. The van der Waals surface area contributed by atoms with Gasteiger partial charge in [0, 0.05) is 54.9 Å². The number of fused-ring (bicyclic) bond motifs is 1. The number of hydrogen-bond acceptors (Lipinski definition) is 5. The highest BCUT2D eigenvalue weighted by Gasteiger charge is 2.20. The van der Waals surface area contributed by atoms with Crippen molar-refractivity contribution in [2.75, 3.05) is 37.6 Å². The Morgan fingerprint density at radius 3 is 2.45 bits per heavy atom. The number of aryl methyl sites for hydroxylation is 1. The summed E-state index contributed by atoms with van der Waals surface area (Å²) in [4.78, 5) is 29.7. The summed E-state index contributed by atoms with van der Waals surface area (Å²) in [6.07, 6.45) is 0.297. The number of carbonyl (C=O) groups excluding carboxylic acids is 2. The SMILES string of the molecule is Cc1c(C(=O)NNC(=O)CCN2CCN(c3ccccc3)CC2)sc2cccc(F)c12. The lowest BCUT2D eigenvalue weighted by atomic mass is 10.1. The van der Waals surface area contributed by atoms with Crippen LogP contribution in [0.2, 0.25) is 0 Å². The molecule has 2 heterocycles. The van der Waals surface area contributed by atoms with Crippen LogP contribution >= 0.6 is 11.3 Å². The highest BCUT2D eigenvalue weighted by molar-refractivity contribution is 7.21. The van der Waals surface area contributed by atoms with Gasteiger partial charge in [-0.05, 0) is 36.8 Å². The van der Waals surface area contributed by atoms with E-state index in [0.717, 1.165) is 26.2 Å². The van der Waals surface area contributed by atoms with Gasteiger partial charge in [0.2, 0.25) is 5.91 Å². The maximum Gasteiger partial charge on any atom is 0.280 e. The van der Waals surface area contributed by atoms with E-state index in [4.69, 9.17) is 0 Å². The molecular weight excluding hydrogens is 415 g/mol. The lowest BCUT2D eigenvalue weighted by Gasteiger charge is -2.36. The van der Waals surface area contributed by atoms with E-state index in [2.05, 4.69) is 32.8 Å². The molecular formula is C23H25FN4O2S. The quantitative estimate of drug-likeness (QED) is 0.598. The second-order valence-corrected chi connectivity index (χ2v) is 8.64. The van der Waals surface area contributed by atoms with E-state index in [1.54, 1.807) is 19.1 Å². The number of piperazine rings is 1. The van der Waals surface area contributed by atoms with Crippen molar-refractivity contribution in [3.63, 3.8) is 0 Å². The average Bonchev–Trinajstić information content (AvgIpc) is 3.14. The molecule has 0 unspecified atom stereocenters. The molecule has 0 radical (unpaired) electrons. The molecule has 2 aromatic carbocycles. The van der Waals surface area contributed by atoms with Gasteiger partial charge in [0.15, 0.2) is 0 Å². The molecule has 0 aliphatic carbocycles. The monoisotopic (exact) mass is 440 g/mol. The second-order valence-electron chi connectivity index (χ2n) is 7.59. The number of anilines is 1. The van der Waals surface area contributed by atoms with Crippen molar-refractivity contribution in [3.8, 4) is 0 Å². The minimum atomic E-state index is -0.428. The zero-order chi connectivity index (χ0) is 21.8. The fraction of sp³-hybridized carbons (Fsp3) is 0.304.